The van der Waals surface area contributed by atoms with E-state index in [1.807, 2.05) is 0 Å². The van der Waals surface area contributed by atoms with Crippen molar-refractivity contribution in [3.63, 3.8) is 0 Å². The fourth-order valence-electron chi connectivity index (χ4n) is 1.41. The molecule has 5 heteroatoms. The van der Waals surface area contributed by atoms with Crippen molar-refractivity contribution in [1.82, 2.24) is 5.32 Å². The maximum atomic E-state index is 12.1. The lowest BCUT2D eigenvalue weighted by atomic mass is 9.97. The van der Waals surface area contributed by atoms with Crippen LogP contribution in [-0.2, 0) is 0 Å². The first kappa shape index (κ1) is 15.8. The summed E-state index contributed by atoms with van der Waals surface area (Å²) in [4.78, 5) is 12.1. The Balaban J connectivity index is 2.81. The van der Waals surface area contributed by atoms with Crippen molar-refractivity contribution in [2.45, 2.75) is 13.8 Å². The van der Waals surface area contributed by atoms with E-state index < -0.39 is 0 Å². The number of hydrogen-bond donors (Lipinski definition) is 1. The number of carbonyl (C=O) groups is 1. The highest BCUT2D eigenvalue weighted by atomic mass is 79.9. The Morgan fingerprint density at radius 3 is 2.16 bits per heavy atom. The van der Waals surface area contributed by atoms with Crippen LogP contribution in [0.15, 0.2) is 18.2 Å². The van der Waals surface area contributed by atoms with E-state index in [-0.39, 0.29) is 11.3 Å². The third-order valence-corrected chi connectivity index (χ3v) is 4.22. The zero-order chi connectivity index (χ0) is 14.5. The molecule has 0 aliphatic carbocycles. The molecule has 1 amide bonds. The highest BCUT2D eigenvalue weighted by Gasteiger charge is 2.18. The van der Waals surface area contributed by atoms with Gasteiger partial charge in [0.1, 0.15) is 11.5 Å². The Kier molecular flexibility index (Phi) is 5.66. The Bertz CT molecular complexity index is 424. The normalized spacial score (nSPS) is 11.0. The molecule has 0 spiro atoms. The van der Waals surface area contributed by atoms with E-state index in [1.165, 1.54) is 0 Å². The van der Waals surface area contributed by atoms with Gasteiger partial charge in [0.15, 0.2) is 0 Å². The van der Waals surface area contributed by atoms with Crippen molar-refractivity contribution in [1.29, 1.82) is 0 Å². The molecule has 106 valence electrons. The Morgan fingerprint density at radius 1 is 1.21 bits per heavy atom. The van der Waals surface area contributed by atoms with Crippen molar-refractivity contribution >= 4 is 21.8 Å². The smallest absolute Gasteiger partial charge is 0.251 e. The molecule has 0 aromatic heterocycles. The van der Waals surface area contributed by atoms with Crippen molar-refractivity contribution < 1.29 is 14.3 Å². The van der Waals surface area contributed by atoms with Crippen LogP contribution in [0.5, 0.6) is 11.5 Å². The molecule has 1 rings (SSSR count). The van der Waals surface area contributed by atoms with Crippen LogP contribution in [0.2, 0.25) is 0 Å². The molecule has 0 bridgehead atoms. The molecule has 1 aromatic rings. The lowest BCUT2D eigenvalue weighted by Gasteiger charge is -2.22. The summed E-state index contributed by atoms with van der Waals surface area (Å²) >= 11 is 3.43. The Morgan fingerprint density at radius 2 is 1.74 bits per heavy atom. The molecule has 1 N–H and O–H groups in total. The van der Waals surface area contributed by atoms with Gasteiger partial charge in [0, 0.05) is 23.5 Å². The first-order chi connectivity index (χ1) is 8.91. The van der Waals surface area contributed by atoms with Gasteiger partial charge >= 0.3 is 0 Å². The third kappa shape index (κ3) is 4.74. The predicted octanol–water partition coefficient (Wildman–Crippen LogP) is 2.85. The van der Waals surface area contributed by atoms with Crippen LogP contribution in [0.1, 0.15) is 24.2 Å². The highest BCUT2D eigenvalue weighted by Crippen LogP contribution is 2.23. The van der Waals surface area contributed by atoms with Crippen LogP contribution in [0.25, 0.3) is 0 Å². The van der Waals surface area contributed by atoms with Crippen LogP contribution < -0.4 is 14.8 Å². The largest absolute Gasteiger partial charge is 0.497 e. The standard InChI is InChI=1S/C14H20BrNO3/c1-14(2,8-15)9-16-13(17)10-5-11(18-3)7-12(6-10)19-4/h5-7H,8-9H2,1-4H3,(H,16,17). The Labute approximate surface area is 122 Å². The van der Waals surface area contributed by atoms with Gasteiger partial charge in [-0.2, -0.15) is 0 Å². The third-order valence-electron chi connectivity index (χ3n) is 2.70. The number of rotatable bonds is 6. The average molecular weight is 330 g/mol. The van der Waals surface area contributed by atoms with Crippen molar-refractivity contribution in [2.75, 3.05) is 26.1 Å². The second-order valence-electron chi connectivity index (χ2n) is 5.08. The molecular formula is C14H20BrNO3. The summed E-state index contributed by atoms with van der Waals surface area (Å²) in [6.07, 6.45) is 0. The van der Waals surface area contributed by atoms with Gasteiger partial charge in [-0.1, -0.05) is 29.8 Å². The number of halogens is 1. The van der Waals surface area contributed by atoms with E-state index in [0.717, 1.165) is 5.33 Å². The number of hydrogen-bond acceptors (Lipinski definition) is 3. The van der Waals surface area contributed by atoms with Gasteiger partial charge in [-0.05, 0) is 17.5 Å². The molecule has 19 heavy (non-hydrogen) atoms. The lowest BCUT2D eigenvalue weighted by Crippen LogP contribution is -2.34. The topological polar surface area (TPSA) is 47.6 Å². The van der Waals surface area contributed by atoms with Gasteiger partial charge in [0.2, 0.25) is 0 Å². The van der Waals surface area contributed by atoms with E-state index in [2.05, 4.69) is 35.1 Å². The number of alkyl halides is 1. The molecule has 0 fully saturated rings. The second kappa shape index (κ2) is 6.80. The number of carbonyl (C=O) groups excluding carboxylic acids is 1. The van der Waals surface area contributed by atoms with E-state index in [0.29, 0.717) is 23.6 Å². The summed E-state index contributed by atoms with van der Waals surface area (Å²) < 4.78 is 10.3. The van der Waals surface area contributed by atoms with E-state index in [1.54, 1.807) is 32.4 Å². The van der Waals surface area contributed by atoms with Crippen molar-refractivity contribution in [3.8, 4) is 11.5 Å². The minimum atomic E-state index is -0.133. The van der Waals surface area contributed by atoms with Gasteiger partial charge in [-0.25, -0.2) is 0 Å². The van der Waals surface area contributed by atoms with Crippen LogP contribution in [-0.4, -0.2) is 32.0 Å². The maximum absolute atomic E-state index is 12.1. The Hall–Kier alpha value is -1.23. The molecule has 4 nitrogen and oxygen atoms in total. The predicted molar refractivity (Wildman–Crippen MR) is 79.5 cm³/mol. The fourth-order valence-corrected chi connectivity index (χ4v) is 1.61. The molecule has 0 radical (unpaired) electrons. The SMILES string of the molecule is COc1cc(OC)cc(C(=O)NCC(C)(C)CBr)c1. The molecule has 0 unspecified atom stereocenters. The van der Waals surface area contributed by atoms with E-state index in [9.17, 15) is 4.79 Å². The summed E-state index contributed by atoms with van der Waals surface area (Å²) in [5, 5.41) is 3.73. The van der Waals surface area contributed by atoms with Crippen LogP contribution >= 0.6 is 15.9 Å². The molecular weight excluding hydrogens is 310 g/mol. The quantitative estimate of drug-likeness (QED) is 0.816. The molecule has 0 aliphatic rings. The highest BCUT2D eigenvalue weighted by molar-refractivity contribution is 9.09. The summed E-state index contributed by atoms with van der Waals surface area (Å²) in [5.74, 6) is 1.07. The fraction of sp³-hybridized carbons (Fsp3) is 0.500. The zero-order valence-electron chi connectivity index (χ0n) is 11.7. The number of nitrogens with one attached hydrogen (secondary N) is 1. The number of ether oxygens (including phenoxy) is 2. The minimum Gasteiger partial charge on any atom is -0.497 e. The molecule has 0 saturated heterocycles. The zero-order valence-corrected chi connectivity index (χ0v) is 13.3. The molecule has 0 heterocycles. The number of methoxy groups -OCH3 is 2. The lowest BCUT2D eigenvalue weighted by molar-refractivity contribution is 0.0939. The first-order valence-electron chi connectivity index (χ1n) is 5.99. The van der Waals surface area contributed by atoms with E-state index in [4.69, 9.17) is 9.47 Å². The summed E-state index contributed by atoms with van der Waals surface area (Å²) in [7, 11) is 3.12. The minimum absolute atomic E-state index is 0.0125. The van der Waals surface area contributed by atoms with Crippen LogP contribution in [0.4, 0.5) is 0 Å². The van der Waals surface area contributed by atoms with Crippen molar-refractivity contribution in [2.24, 2.45) is 5.41 Å². The summed E-state index contributed by atoms with van der Waals surface area (Å²) in [6, 6.07) is 5.12. The molecule has 0 saturated carbocycles. The molecule has 1 aromatic carbocycles. The molecule has 0 aliphatic heterocycles. The number of benzene rings is 1. The monoisotopic (exact) mass is 329 g/mol. The van der Waals surface area contributed by atoms with E-state index >= 15 is 0 Å². The average Bonchev–Trinajstić information content (AvgIpc) is 2.44. The van der Waals surface area contributed by atoms with Gasteiger partial charge in [0.25, 0.3) is 5.91 Å². The summed E-state index contributed by atoms with van der Waals surface area (Å²) in [5.41, 5.74) is 0.542. The van der Waals surface area contributed by atoms with Crippen LogP contribution in [0.3, 0.4) is 0 Å². The van der Waals surface area contributed by atoms with Gasteiger partial charge in [-0.15, -0.1) is 0 Å². The van der Waals surface area contributed by atoms with Gasteiger partial charge in [-0.3, -0.25) is 4.79 Å². The summed E-state index contributed by atoms with van der Waals surface area (Å²) in [6.45, 7) is 4.75. The first-order valence-corrected chi connectivity index (χ1v) is 7.11. The second-order valence-corrected chi connectivity index (χ2v) is 5.64. The van der Waals surface area contributed by atoms with Gasteiger partial charge < -0.3 is 14.8 Å². The maximum Gasteiger partial charge on any atom is 0.251 e. The molecule has 0 atom stereocenters. The number of amides is 1. The van der Waals surface area contributed by atoms with Crippen molar-refractivity contribution in [3.05, 3.63) is 23.8 Å². The van der Waals surface area contributed by atoms with Crippen LogP contribution in [0, 0.1) is 5.41 Å². The van der Waals surface area contributed by atoms with Gasteiger partial charge in [0.05, 0.1) is 14.2 Å².